The molecule has 3 aromatic carbocycles. The molecule has 4 aromatic rings. The number of rotatable bonds is 7. The van der Waals surface area contributed by atoms with Gasteiger partial charge in [0.05, 0.1) is 12.2 Å². The lowest BCUT2D eigenvalue weighted by atomic mass is 10.1. The molecule has 0 unspecified atom stereocenters. The number of nitrogens with zero attached hydrogens (tertiary/aromatic N) is 3. The second-order valence-corrected chi connectivity index (χ2v) is 9.51. The molecule has 0 aliphatic rings. The first kappa shape index (κ1) is 24.1. The number of hydrogen-bond acceptors (Lipinski definition) is 4. The van der Waals surface area contributed by atoms with Crippen molar-refractivity contribution in [3.8, 4) is 5.69 Å². The molecule has 0 bridgehead atoms. The van der Waals surface area contributed by atoms with E-state index in [0.717, 1.165) is 22.2 Å². The third kappa shape index (κ3) is 5.91. The summed E-state index contributed by atoms with van der Waals surface area (Å²) in [5.41, 5.74) is 4.94. The average Bonchev–Trinajstić information content (AvgIpc) is 3.21. The van der Waals surface area contributed by atoms with Crippen molar-refractivity contribution in [1.82, 2.24) is 20.1 Å². The van der Waals surface area contributed by atoms with Crippen molar-refractivity contribution < 1.29 is 4.79 Å². The number of benzene rings is 3. The van der Waals surface area contributed by atoms with Gasteiger partial charge in [-0.15, -0.1) is 10.2 Å². The summed E-state index contributed by atoms with van der Waals surface area (Å²) in [4.78, 5) is 12.5. The number of anilines is 1. The number of aromatic nitrogens is 3. The molecule has 0 radical (unpaired) electrons. The molecule has 34 heavy (non-hydrogen) atoms. The van der Waals surface area contributed by atoms with E-state index in [-0.39, 0.29) is 12.6 Å². The fraction of sp³-hybridized carbons (Fsp3) is 0.160. The van der Waals surface area contributed by atoms with Crippen molar-refractivity contribution in [2.75, 3.05) is 5.32 Å². The zero-order valence-electron chi connectivity index (χ0n) is 18.7. The molecule has 0 aliphatic carbocycles. The standard InChI is InChI=1S/C25H23Cl2N5OS/c1-16-6-3-4-7-18(16)15-34-25-31-30-23(32(25)22-13-20(27)11-10-17(22)2)14-28-24(33)29-21-9-5-8-19(26)12-21/h3-13H,14-15H2,1-2H3,(H2,28,29,33). The Labute approximate surface area is 212 Å². The monoisotopic (exact) mass is 511 g/mol. The highest BCUT2D eigenvalue weighted by Crippen LogP contribution is 2.29. The van der Waals surface area contributed by atoms with Crippen molar-refractivity contribution in [3.05, 3.63) is 99.3 Å². The fourth-order valence-corrected chi connectivity index (χ4v) is 4.79. The number of halogens is 2. The predicted molar refractivity (Wildman–Crippen MR) is 139 cm³/mol. The van der Waals surface area contributed by atoms with Gasteiger partial charge in [-0.05, 0) is 60.9 Å². The molecule has 0 saturated heterocycles. The highest BCUT2D eigenvalue weighted by Gasteiger charge is 2.18. The lowest BCUT2D eigenvalue weighted by Gasteiger charge is -2.14. The largest absolute Gasteiger partial charge is 0.331 e. The van der Waals surface area contributed by atoms with Gasteiger partial charge >= 0.3 is 6.03 Å². The summed E-state index contributed by atoms with van der Waals surface area (Å²) in [6, 6.07) is 20.5. The van der Waals surface area contributed by atoms with E-state index in [1.54, 1.807) is 36.0 Å². The summed E-state index contributed by atoms with van der Waals surface area (Å²) in [6.07, 6.45) is 0. The highest BCUT2D eigenvalue weighted by molar-refractivity contribution is 7.98. The molecular formula is C25H23Cl2N5OS. The Morgan fingerprint density at radius 3 is 2.53 bits per heavy atom. The average molecular weight is 512 g/mol. The van der Waals surface area contributed by atoms with E-state index in [0.29, 0.717) is 21.6 Å². The number of carbonyl (C=O) groups excluding carboxylic acids is 1. The van der Waals surface area contributed by atoms with Crippen molar-refractivity contribution >= 4 is 46.7 Å². The third-order valence-electron chi connectivity index (χ3n) is 5.22. The minimum Gasteiger partial charge on any atom is -0.331 e. The van der Waals surface area contributed by atoms with Gasteiger partial charge in [-0.2, -0.15) is 0 Å². The Hall–Kier alpha value is -3.00. The highest BCUT2D eigenvalue weighted by atomic mass is 35.5. The van der Waals surface area contributed by atoms with Crippen LogP contribution >= 0.6 is 35.0 Å². The summed E-state index contributed by atoms with van der Waals surface area (Å²) in [6.45, 7) is 4.27. The second-order valence-electron chi connectivity index (χ2n) is 7.70. The van der Waals surface area contributed by atoms with Gasteiger partial charge in [-0.25, -0.2) is 4.79 Å². The molecule has 0 atom stereocenters. The number of hydrogen-bond donors (Lipinski definition) is 2. The maximum absolute atomic E-state index is 12.5. The first-order chi connectivity index (χ1) is 16.4. The van der Waals surface area contributed by atoms with Gasteiger partial charge in [-0.1, -0.05) is 71.4 Å². The number of thioether (sulfide) groups is 1. The molecule has 0 spiro atoms. The lowest BCUT2D eigenvalue weighted by Crippen LogP contribution is -2.29. The summed E-state index contributed by atoms with van der Waals surface area (Å²) in [5, 5.41) is 16.3. The van der Waals surface area contributed by atoms with Crippen molar-refractivity contribution in [2.45, 2.75) is 31.3 Å². The van der Waals surface area contributed by atoms with Gasteiger partial charge in [0.1, 0.15) is 0 Å². The van der Waals surface area contributed by atoms with Gasteiger partial charge in [0.15, 0.2) is 11.0 Å². The summed E-state index contributed by atoms with van der Waals surface area (Å²) >= 11 is 13.9. The van der Waals surface area contributed by atoms with Gasteiger partial charge in [0.2, 0.25) is 0 Å². The maximum atomic E-state index is 12.5. The van der Waals surface area contributed by atoms with Crippen LogP contribution in [0, 0.1) is 13.8 Å². The van der Waals surface area contributed by atoms with Crippen LogP contribution in [-0.2, 0) is 12.3 Å². The van der Waals surface area contributed by atoms with Gasteiger partial charge in [0.25, 0.3) is 0 Å². The Morgan fingerprint density at radius 1 is 0.941 bits per heavy atom. The Morgan fingerprint density at radius 2 is 1.74 bits per heavy atom. The number of amides is 2. The quantitative estimate of drug-likeness (QED) is 0.267. The Kier molecular flexibility index (Phi) is 7.77. The van der Waals surface area contributed by atoms with Crippen LogP contribution in [0.25, 0.3) is 5.69 Å². The van der Waals surface area contributed by atoms with E-state index >= 15 is 0 Å². The van der Waals surface area contributed by atoms with Crippen LogP contribution < -0.4 is 10.6 Å². The second kappa shape index (κ2) is 11.0. The van der Waals surface area contributed by atoms with Crippen LogP contribution in [-0.4, -0.2) is 20.8 Å². The predicted octanol–water partition coefficient (Wildman–Crippen LogP) is 6.80. The molecule has 1 aromatic heterocycles. The van der Waals surface area contributed by atoms with Crippen molar-refractivity contribution in [3.63, 3.8) is 0 Å². The molecule has 0 saturated carbocycles. The van der Waals surface area contributed by atoms with Crippen molar-refractivity contribution in [2.24, 2.45) is 0 Å². The number of carbonyl (C=O) groups is 1. The molecule has 0 fully saturated rings. The van der Waals surface area contributed by atoms with E-state index in [9.17, 15) is 4.79 Å². The van der Waals surface area contributed by atoms with E-state index in [2.05, 4.69) is 39.9 Å². The van der Waals surface area contributed by atoms with Crippen molar-refractivity contribution in [1.29, 1.82) is 0 Å². The minimum atomic E-state index is -0.367. The number of aryl methyl sites for hydroxylation is 2. The van der Waals surface area contributed by atoms with E-state index in [1.807, 2.05) is 41.8 Å². The van der Waals surface area contributed by atoms with E-state index < -0.39 is 0 Å². The molecule has 1 heterocycles. The Balaban J connectivity index is 1.57. The topological polar surface area (TPSA) is 71.8 Å². The lowest BCUT2D eigenvalue weighted by molar-refractivity contribution is 0.251. The molecule has 6 nitrogen and oxygen atoms in total. The normalized spacial score (nSPS) is 10.8. The smallest absolute Gasteiger partial charge is 0.319 e. The van der Waals surface area contributed by atoms with E-state index in [4.69, 9.17) is 23.2 Å². The zero-order chi connectivity index (χ0) is 24.1. The molecule has 2 N–H and O–H groups in total. The first-order valence-electron chi connectivity index (χ1n) is 10.6. The first-order valence-corrected chi connectivity index (χ1v) is 12.3. The van der Waals surface area contributed by atoms with Crippen LogP contribution in [0.2, 0.25) is 10.0 Å². The number of nitrogens with one attached hydrogen (secondary N) is 2. The SMILES string of the molecule is Cc1ccccc1CSc1nnc(CNC(=O)Nc2cccc(Cl)c2)n1-c1cc(Cl)ccc1C. The molecule has 2 amide bonds. The van der Waals surface area contributed by atoms with Gasteiger partial charge in [0, 0.05) is 21.5 Å². The zero-order valence-corrected chi connectivity index (χ0v) is 21.0. The molecule has 174 valence electrons. The van der Waals surface area contributed by atoms with Crippen LogP contribution in [0.1, 0.15) is 22.5 Å². The van der Waals surface area contributed by atoms with Crippen LogP contribution in [0.15, 0.2) is 71.9 Å². The molecule has 9 heteroatoms. The van der Waals surface area contributed by atoms with Gasteiger partial charge < -0.3 is 10.6 Å². The third-order valence-corrected chi connectivity index (χ3v) is 6.67. The molecule has 0 aliphatic heterocycles. The minimum absolute atomic E-state index is 0.177. The fourth-order valence-electron chi connectivity index (χ4n) is 3.39. The molecular weight excluding hydrogens is 489 g/mol. The summed E-state index contributed by atoms with van der Waals surface area (Å²) < 4.78 is 1.95. The molecule has 4 rings (SSSR count). The number of urea groups is 1. The maximum Gasteiger partial charge on any atom is 0.319 e. The Bertz CT molecular complexity index is 1320. The van der Waals surface area contributed by atoms with Crippen LogP contribution in [0.4, 0.5) is 10.5 Å². The van der Waals surface area contributed by atoms with Crippen LogP contribution in [0.3, 0.4) is 0 Å². The summed E-state index contributed by atoms with van der Waals surface area (Å²) in [5.74, 6) is 1.34. The van der Waals surface area contributed by atoms with E-state index in [1.165, 1.54) is 11.1 Å². The summed E-state index contributed by atoms with van der Waals surface area (Å²) in [7, 11) is 0. The van der Waals surface area contributed by atoms with Crippen LogP contribution in [0.5, 0.6) is 0 Å². The van der Waals surface area contributed by atoms with Gasteiger partial charge in [-0.3, -0.25) is 4.57 Å².